The van der Waals surface area contributed by atoms with Crippen LogP contribution >= 0.6 is 11.6 Å². The number of pyridine rings is 1. The van der Waals surface area contributed by atoms with Crippen molar-refractivity contribution in [3.63, 3.8) is 0 Å². The Kier molecular flexibility index (Phi) is 8.49. The fraction of sp³-hybridized carbons (Fsp3) is 0.273. The molecular weight excluding hydrogens is 632 g/mol. The Morgan fingerprint density at radius 3 is 2.17 bits per heavy atom. The van der Waals surface area contributed by atoms with E-state index in [2.05, 4.69) is 10.3 Å². The van der Waals surface area contributed by atoms with Gasteiger partial charge in [0.1, 0.15) is 5.82 Å². The maximum Gasteiger partial charge on any atom is 0.418 e. The molecule has 4 aromatic rings. The second-order valence-electron chi connectivity index (χ2n) is 11.1. The first-order valence-corrected chi connectivity index (χ1v) is 14.9. The summed E-state index contributed by atoms with van der Waals surface area (Å²) < 4.78 is 81.6. The number of piperazine rings is 1. The first kappa shape index (κ1) is 31.5. The van der Waals surface area contributed by atoms with Gasteiger partial charge in [0.2, 0.25) is 0 Å². The maximum atomic E-state index is 13.7. The number of halogens is 7. The monoisotopic (exact) mass is 659 g/mol. The summed E-state index contributed by atoms with van der Waals surface area (Å²) in [4.78, 5) is 22.9. The van der Waals surface area contributed by atoms with Crippen LogP contribution in [0.3, 0.4) is 0 Å². The number of benzene rings is 3. The van der Waals surface area contributed by atoms with Gasteiger partial charge in [-0.05, 0) is 59.7 Å². The van der Waals surface area contributed by atoms with E-state index in [9.17, 15) is 31.1 Å². The van der Waals surface area contributed by atoms with Gasteiger partial charge in [-0.25, -0.2) is 4.98 Å². The third-order valence-corrected chi connectivity index (χ3v) is 8.43. The zero-order valence-electron chi connectivity index (χ0n) is 24.3. The third-order valence-electron chi connectivity index (χ3n) is 8.20. The van der Waals surface area contributed by atoms with Gasteiger partial charge in [-0.15, -0.1) is 0 Å². The largest absolute Gasteiger partial charge is 0.418 e. The second-order valence-corrected chi connectivity index (χ2v) is 11.5. The van der Waals surface area contributed by atoms with Gasteiger partial charge in [0, 0.05) is 73.8 Å². The molecule has 2 aliphatic rings. The van der Waals surface area contributed by atoms with Crippen LogP contribution in [0.5, 0.6) is 0 Å². The molecular formula is C33H28ClF6N5O. The van der Waals surface area contributed by atoms with E-state index in [1.807, 2.05) is 11.0 Å². The van der Waals surface area contributed by atoms with Crippen molar-refractivity contribution in [2.45, 2.75) is 18.9 Å². The number of carbonyl (C=O) groups is 1. The Morgan fingerprint density at radius 1 is 0.783 bits per heavy atom. The number of anilines is 3. The van der Waals surface area contributed by atoms with Crippen LogP contribution < -0.4 is 15.1 Å². The van der Waals surface area contributed by atoms with E-state index < -0.39 is 23.5 Å². The second kappa shape index (κ2) is 12.4. The van der Waals surface area contributed by atoms with Crippen LogP contribution in [0.4, 0.5) is 43.5 Å². The highest BCUT2D eigenvalue weighted by molar-refractivity contribution is 6.30. The SMILES string of the molecule is O=C(c1ccc(-c2cnc3c(c2)N(Cc2cc(Cl)ccc2C(F)(F)F)CCN3)cc1)N1CCN(c2ccccc2C(F)(F)F)CC1. The van der Waals surface area contributed by atoms with Crippen molar-refractivity contribution < 1.29 is 31.1 Å². The first-order chi connectivity index (χ1) is 21.9. The fourth-order valence-corrected chi connectivity index (χ4v) is 6.08. The van der Waals surface area contributed by atoms with Crippen LogP contribution in [-0.2, 0) is 18.9 Å². The van der Waals surface area contributed by atoms with E-state index in [0.717, 1.165) is 17.7 Å². The predicted octanol–water partition coefficient (Wildman–Crippen LogP) is 7.83. The van der Waals surface area contributed by atoms with E-state index in [1.54, 1.807) is 46.3 Å². The molecule has 3 heterocycles. The molecule has 0 aliphatic carbocycles. The molecule has 0 atom stereocenters. The highest BCUT2D eigenvalue weighted by Crippen LogP contribution is 2.38. The molecule has 0 saturated carbocycles. The summed E-state index contributed by atoms with van der Waals surface area (Å²) in [7, 11) is 0. The van der Waals surface area contributed by atoms with E-state index in [0.29, 0.717) is 35.7 Å². The maximum absolute atomic E-state index is 13.7. The average Bonchev–Trinajstić information content (AvgIpc) is 3.04. The average molecular weight is 660 g/mol. The van der Waals surface area contributed by atoms with Crippen molar-refractivity contribution in [1.29, 1.82) is 0 Å². The Hall–Kier alpha value is -4.45. The number of carbonyl (C=O) groups excluding carboxylic acids is 1. The number of alkyl halides is 6. The van der Waals surface area contributed by atoms with Crippen LogP contribution in [0.25, 0.3) is 11.1 Å². The number of hydrogen-bond acceptors (Lipinski definition) is 5. The minimum absolute atomic E-state index is 0.0162. The van der Waals surface area contributed by atoms with Crippen molar-refractivity contribution in [2.24, 2.45) is 0 Å². The normalized spacial score (nSPS) is 15.4. The van der Waals surface area contributed by atoms with E-state index >= 15 is 0 Å². The molecule has 6 rings (SSSR count). The summed E-state index contributed by atoms with van der Waals surface area (Å²) in [6, 6.07) is 17.7. The van der Waals surface area contributed by atoms with Crippen LogP contribution in [-0.4, -0.2) is 55.1 Å². The van der Waals surface area contributed by atoms with Gasteiger partial charge in [0.25, 0.3) is 5.91 Å². The molecule has 3 aromatic carbocycles. The summed E-state index contributed by atoms with van der Waals surface area (Å²) in [6.07, 6.45) is -7.34. The molecule has 1 N–H and O–H groups in total. The molecule has 0 radical (unpaired) electrons. The number of aromatic nitrogens is 1. The van der Waals surface area contributed by atoms with Crippen molar-refractivity contribution >= 4 is 34.7 Å². The standard InChI is InChI=1S/C33H28ClF6N5O/c34-25-9-10-26(32(35,36)37)24(17-25)20-45-12-11-41-30-29(45)18-23(19-42-30)21-5-7-22(8-6-21)31(46)44-15-13-43(14-16-44)28-4-2-1-3-27(28)33(38,39)40/h1-10,17-19H,11-16,20H2,(H,41,42). The van der Waals surface area contributed by atoms with E-state index in [1.165, 1.54) is 24.3 Å². The lowest BCUT2D eigenvalue weighted by molar-refractivity contribution is -0.138. The topological polar surface area (TPSA) is 51.7 Å². The Balaban J connectivity index is 1.16. The first-order valence-electron chi connectivity index (χ1n) is 14.5. The van der Waals surface area contributed by atoms with Crippen molar-refractivity contribution in [3.8, 4) is 11.1 Å². The Morgan fingerprint density at radius 2 is 1.48 bits per heavy atom. The number of para-hydroxylation sites is 1. The van der Waals surface area contributed by atoms with E-state index in [-0.39, 0.29) is 54.9 Å². The third kappa shape index (κ3) is 6.57. The van der Waals surface area contributed by atoms with Gasteiger partial charge in [-0.3, -0.25) is 4.79 Å². The highest BCUT2D eigenvalue weighted by atomic mass is 35.5. The minimum Gasteiger partial charge on any atom is -0.367 e. The molecule has 0 spiro atoms. The van der Waals surface area contributed by atoms with Gasteiger partial charge >= 0.3 is 12.4 Å². The lowest BCUT2D eigenvalue weighted by Gasteiger charge is -2.37. The summed E-state index contributed by atoms with van der Waals surface area (Å²) in [6.45, 7) is 2.01. The molecule has 13 heteroatoms. The van der Waals surface area contributed by atoms with Crippen LogP contribution in [0.1, 0.15) is 27.0 Å². The quantitative estimate of drug-likeness (QED) is 0.221. The minimum atomic E-state index is -4.53. The summed E-state index contributed by atoms with van der Waals surface area (Å²) in [5, 5.41) is 3.40. The number of hydrogen-bond donors (Lipinski definition) is 1. The predicted molar refractivity (Wildman–Crippen MR) is 165 cm³/mol. The van der Waals surface area contributed by atoms with Gasteiger partial charge in [-0.2, -0.15) is 26.3 Å². The molecule has 1 aromatic heterocycles. The Bertz CT molecular complexity index is 1740. The lowest BCUT2D eigenvalue weighted by atomic mass is 10.0. The molecule has 1 saturated heterocycles. The summed E-state index contributed by atoms with van der Waals surface area (Å²) in [5.74, 6) is 0.325. The smallest absolute Gasteiger partial charge is 0.367 e. The molecule has 46 heavy (non-hydrogen) atoms. The number of fused-ring (bicyclic) bond motifs is 1. The number of nitrogens with zero attached hydrogens (tertiary/aromatic N) is 4. The number of rotatable bonds is 5. The van der Waals surface area contributed by atoms with Gasteiger partial charge in [0.05, 0.1) is 16.8 Å². The lowest BCUT2D eigenvalue weighted by Crippen LogP contribution is -2.49. The van der Waals surface area contributed by atoms with Crippen molar-refractivity contribution in [3.05, 3.63) is 106 Å². The van der Waals surface area contributed by atoms with Crippen LogP contribution in [0, 0.1) is 0 Å². The van der Waals surface area contributed by atoms with Crippen molar-refractivity contribution in [2.75, 3.05) is 54.4 Å². The molecule has 240 valence electrons. The van der Waals surface area contributed by atoms with Gasteiger partial charge in [0.15, 0.2) is 0 Å². The fourth-order valence-electron chi connectivity index (χ4n) is 5.88. The summed E-state index contributed by atoms with van der Waals surface area (Å²) in [5.41, 5.74) is 1.27. The van der Waals surface area contributed by atoms with Crippen molar-refractivity contribution in [1.82, 2.24) is 9.88 Å². The zero-order chi connectivity index (χ0) is 32.6. The Labute approximate surface area is 266 Å². The molecule has 0 unspecified atom stereocenters. The number of amides is 1. The van der Waals surface area contributed by atoms with Gasteiger partial charge < -0.3 is 20.0 Å². The van der Waals surface area contributed by atoms with Crippen LogP contribution in [0.2, 0.25) is 5.02 Å². The molecule has 6 nitrogen and oxygen atoms in total. The molecule has 1 fully saturated rings. The summed E-state index contributed by atoms with van der Waals surface area (Å²) >= 11 is 6.05. The molecule has 0 bridgehead atoms. The molecule has 2 aliphatic heterocycles. The number of nitrogens with one attached hydrogen (secondary N) is 1. The highest BCUT2D eigenvalue weighted by Gasteiger charge is 2.36. The zero-order valence-corrected chi connectivity index (χ0v) is 25.1. The van der Waals surface area contributed by atoms with Crippen LogP contribution in [0.15, 0.2) is 79.0 Å². The molecule has 1 amide bonds. The van der Waals surface area contributed by atoms with Gasteiger partial charge in [-0.1, -0.05) is 35.9 Å². The van der Waals surface area contributed by atoms with E-state index in [4.69, 9.17) is 11.6 Å².